The largest absolute Gasteiger partial charge is 0.490 e. The van der Waals surface area contributed by atoms with Gasteiger partial charge < -0.3 is 14.7 Å². The van der Waals surface area contributed by atoms with Crippen LogP contribution in [0.1, 0.15) is 80.3 Å². The second kappa shape index (κ2) is 11.1. The van der Waals surface area contributed by atoms with E-state index in [0.29, 0.717) is 18.1 Å². The van der Waals surface area contributed by atoms with Crippen molar-refractivity contribution < 1.29 is 18.8 Å². The van der Waals surface area contributed by atoms with Gasteiger partial charge in [0, 0.05) is 34.3 Å². The highest BCUT2D eigenvalue weighted by Gasteiger charge is 2.44. The summed E-state index contributed by atoms with van der Waals surface area (Å²) in [5.74, 6) is 5.10. The minimum absolute atomic E-state index is 0.109. The molecule has 7 atom stereocenters. The van der Waals surface area contributed by atoms with E-state index in [9.17, 15) is 14.1 Å². The molecule has 6 rings (SSSR count). The van der Waals surface area contributed by atoms with Gasteiger partial charge in [-0.25, -0.2) is 4.21 Å². The number of amides is 1. The van der Waals surface area contributed by atoms with Crippen LogP contribution in [0.25, 0.3) is 0 Å². The topological polar surface area (TPSA) is 78.9 Å². The van der Waals surface area contributed by atoms with Gasteiger partial charge in [0.2, 0.25) is 0 Å². The maximum Gasteiger partial charge on any atom is 0.262 e. The van der Waals surface area contributed by atoms with Crippen LogP contribution in [0.5, 0.6) is 5.75 Å². The lowest BCUT2D eigenvalue weighted by Crippen LogP contribution is -2.49. The first-order chi connectivity index (χ1) is 19.6. The lowest BCUT2D eigenvalue weighted by Gasteiger charge is -2.46. The van der Waals surface area contributed by atoms with Crippen molar-refractivity contribution in [2.24, 2.45) is 17.8 Å². The third-order valence-electron chi connectivity index (χ3n) is 10.6. The second-order valence-electron chi connectivity index (χ2n) is 13.1. The van der Waals surface area contributed by atoms with E-state index in [4.69, 9.17) is 16.3 Å². The molecule has 1 fully saturated rings. The van der Waals surface area contributed by atoms with E-state index in [0.717, 1.165) is 80.9 Å². The Bertz CT molecular complexity index is 1430. The van der Waals surface area contributed by atoms with Crippen molar-refractivity contribution in [2.45, 2.75) is 82.0 Å². The number of aliphatic hydroxyl groups excluding tert-OH is 1. The maximum absolute atomic E-state index is 13.6. The summed E-state index contributed by atoms with van der Waals surface area (Å²) in [5.41, 5.74) is 3.73. The molecule has 4 aliphatic rings. The second-order valence-corrected chi connectivity index (χ2v) is 16.0. The van der Waals surface area contributed by atoms with Gasteiger partial charge in [-0.15, -0.1) is 0 Å². The number of nitrogens with one attached hydrogen (secondary N) is 1. The van der Waals surface area contributed by atoms with E-state index in [1.165, 1.54) is 11.1 Å². The predicted molar refractivity (Wildman–Crippen MR) is 168 cm³/mol. The molecule has 222 valence electrons. The number of carbonyl (C=O) groups excluding carboxylic acids is 1. The first kappa shape index (κ1) is 28.9. The monoisotopic (exact) mass is 598 g/mol. The molecule has 1 amide bonds. The zero-order chi connectivity index (χ0) is 28.9. The van der Waals surface area contributed by atoms with Gasteiger partial charge in [-0.05, 0) is 117 Å². The normalized spacial score (nSPS) is 35.8. The molecule has 1 spiro atoms. The summed E-state index contributed by atoms with van der Waals surface area (Å²) in [5, 5.41) is 11.7. The number of aliphatic hydroxyl groups is 1. The molecule has 6 nitrogen and oxygen atoms in total. The Morgan fingerprint density at radius 3 is 2.73 bits per heavy atom. The maximum atomic E-state index is 13.6. The molecule has 2 bridgehead atoms. The molecular weight excluding hydrogens is 556 g/mol. The first-order valence-corrected chi connectivity index (χ1v) is 17.4. The number of aryl methyl sites for hydroxylation is 1. The van der Waals surface area contributed by atoms with Crippen molar-refractivity contribution in [3.05, 3.63) is 58.1 Å². The average molecular weight is 599 g/mol. The van der Waals surface area contributed by atoms with Crippen molar-refractivity contribution >= 4 is 38.8 Å². The summed E-state index contributed by atoms with van der Waals surface area (Å²) in [6.45, 7) is 6.08. The Labute approximate surface area is 249 Å². The lowest BCUT2D eigenvalue weighted by molar-refractivity contribution is 0.00857. The number of anilines is 1. The quantitative estimate of drug-likeness (QED) is 0.377. The van der Waals surface area contributed by atoms with E-state index in [1.807, 2.05) is 25.1 Å². The van der Waals surface area contributed by atoms with Crippen LogP contribution in [0.2, 0.25) is 5.02 Å². The number of hydrogen-bond donors (Lipinski definition) is 2. The van der Waals surface area contributed by atoms with Gasteiger partial charge in [0.25, 0.3) is 5.91 Å². The first-order valence-electron chi connectivity index (χ1n) is 15.2. The third-order valence-corrected chi connectivity index (χ3v) is 13.0. The van der Waals surface area contributed by atoms with Gasteiger partial charge >= 0.3 is 0 Å². The molecule has 41 heavy (non-hydrogen) atoms. The molecule has 0 radical (unpaired) electrons. The molecule has 1 unspecified atom stereocenters. The Morgan fingerprint density at radius 1 is 1.12 bits per heavy atom. The van der Waals surface area contributed by atoms with Crippen LogP contribution in [0.15, 0.2) is 36.4 Å². The number of rotatable bonds is 0. The minimum atomic E-state index is -2.88. The number of hydrogen-bond acceptors (Lipinski definition) is 5. The molecule has 2 heterocycles. The fourth-order valence-corrected chi connectivity index (χ4v) is 9.35. The third kappa shape index (κ3) is 5.50. The summed E-state index contributed by atoms with van der Waals surface area (Å²) >= 11 is 6.40. The van der Waals surface area contributed by atoms with Gasteiger partial charge in [-0.1, -0.05) is 31.0 Å². The van der Waals surface area contributed by atoms with Crippen LogP contribution in [-0.2, 0) is 21.5 Å². The lowest BCUT2D eigenvalue weighted by atomic mass is 9.68. The highest BCUT2D eigenvalue weighted by Crippen LogP contribution is 2.47. The number of ether oxygens (including phenoxy) is 1. The van der Waals surface area contributed by atoms with Crippen molar-refractivity contribution in [3.8, 4) is 5.75 Å². The Balaban J connectivity index is 1.41. The Kier molecular flexibility index (Phi) is 7.84. The summed E-state index contributed by atoms with van der Waals surface area (Å²) in [6, 6.07) is 11.8. The number of carbonyl (C=O) groups is 1. The van der Waals surface area contributed by atoms with Crippen LogP contribution in [0, 0.1) is 17.8 Å². The molecular formula is C33H43ClN2O4S. The average Bonchev–Trinajstić information content (AvgIpc) is 3.06. The van der Waals surface area contributed by atoms with E-state index in [1.54, 1.807) is 6.07 Å². The molecule has 0 saturated heterocycles. The minimum Gasteiger partial charge on any atom is -0.490 e. The number of benzene rings is 2. The van der Waals surface area contributed by atoms with Crippen molar-refractivity contribution in [1.82, 2.24) is 4.72 Å². The van der Waals surface area contributed by atoms with Crippen molar-refractivity contribution in [1.29, 1.82) is 0 Å². The van der Waals surface area contributed by atoms with Crippen molar-refractivity contribution in [3.63, 3.8) is 0 Å². The molecule has 2 aromatic carbocycles. The van der Waals surface area contributed by atoms with E-state index in [-0.39, 0.29) is 34.5 Å². The molecule has 0 aromatic heterocycles. The Hall–Kier alpha value is -2.22. The van der Waals surface area contributed by atoms with Crippen LogP contribution >= 0.6 is 11.6 Å². The summed E-state index contributed by atoms with van der Waals surface area (Å²) in [7, 11) is -2.88. The van der Waals surface area contributed by atoms with Gasteiger partial charge in [0.05, 0.1) is 28.1 Å². The summed E-state index contributed by atoms with van der Waals surface area (Å²) < 4.78 is 23.0. The van der Waals surface area contributed by atoms with E-state index >= 15 is 0 Å². The standard InChI is InChI=1S/C33H43ClN2O4S/c1-21-6-4-8-30(37)27-12-9-25(27)18-36-19-33(15-5-7-23-16-26(34)11-13-28(23)33)20-40-31-14-10-24(17-29(31)36)32(38)35-41(3,39)22(21)2/h10-11,13-14,16-17,21-22,25,27,30,37H,3-9,12,15,18-20H2,1-2H3,(H,35,38,39)/t21-,22+,25+,27-,30+,33+,41?/m1/s1. The predicted octanol–water partition coefficient (Wildman–Crippen LogP) is 5.77. The van der Waals surface area contributed by atoms with Gasteiger partial charge in [-0.2, -0.15) is 0 Å². The number of halogens is 1. The molecule has 2 aliphatic carbocycles. The van der Waals surface area contributed by atoms with E-state index < -0.39 is 9.71 Å². The zero-order valence-electron chi connectivity index (χ0n) is 24.2. The Morgan fingerprint density at radius 2 is 1.95 bits per heavy atom. The van der Waals surface area contributed by atoms with Crippen LogP contribution < -0.4 is 14.4 Å². The SMILES string of the molecule is C=S1(=O)NC(=O)c2ccc3c(c2)N(C[C@@H]2CC[C@H]2[C@@H](O)CCC[C@@H](C)[C@@H]1C)C[C@@]1(CCCc2cc(Cl)ccc21)CO3. The highest BCUT2D eigenvalue weighted by atomic mass is 35.5. The molecule has 8 heteroatoms. The van der Waals surface area contributed by atoms with Crippen LogP contribution in [-0.4, -0.2) is 52.1 Å². The molecule has 2 N–H and O–H groups in total. The smallest absolute Gasteiger partial charge is 0.262 e. The molecule has 1 saturated carbocycles. The number of fused-ring (bicyclic) bond motifs is 4. The fourth-order valence-electron chi connectivity index (χ4n) is 7.65. The van der Waals surface area contributed by atoms with Gasteiger partial charge in [0.15, 0.2) is 0 Å². The zero-order valence-corrected chi connectivity index (χ0v) is 25.8. The van der Waals surface area contributed by atoms with Gasteiger partial charge in [-0.3, -0.25) is 9.52 Å². The van der Waals surface area contributed by atoms with Crippen LogP contribution in [0.4, 0.5) is 5.69 Å². The van der Waals surface area contributed by atoms with Gasteiger partial charge in [0.1, 0.15) is 5.75 Å². The summed E-state index contributed by atoms with van der Waals surface area (Å²) in [6.07, 6.45) is 7.31. The van der Waals surface area contributed by atoms with E-state index in [2.05, 4.69) is 34.5 Å². The molecule has 2 aliphatic heterocycles. The summed E-state index contributed by atoms with van der Waals surface area (Å²) in [4.78, 5) is 15.9. The highest BCUT2D eigenvalue weighted by molar-refractivity contribution is 7.99. The number of nitrogens with zero attached hydrogens (tertiary/aromatic N) is 1. The van der Waals surface area contributed by atoms with Crippen molar-refractivity contribution in [2.75, 3.05) is 24.6 Å². The fraction of sp³-hybridized carbons (Fsp3) is 0.576. The molecule has 2 aromatic rings. The van der Waals surface area contributed by atoms with Crippen LogP contribution in [0.3, 0.4) is 0 Å².